The van der Waals surface area contributed by atoms with E-state index in [1.54, 1.807) is 31.3 Å². The molecule has 3 rings (SSSR count). The van der Waals surface area contributed by atoms with Crippen LogP contribution in [-0.2, 0) is 16.6 Å². The van der Waals surface area contributed by atoms with Gasteiger partial charge in [0.05, 0.1) is 12.6 Å². The fourth-order valence-electron chi connectivity index (χ4n) is 2.77. The Labute approximate surface area is 151 Å². The van der Waals surface area contributed by atoms with Gasteiger partial charge in [-0.2, -0.15) is 0 Å². The molecule has 0 amide bonds. The van der Waals surface area contributed by atoms with Crippen molar-refractivity contribution >= 4 is 20.9 Å². The van der Waals surface area contributed by atoms with Crippen molar-refractivity contribution in [2.45, 2.75) is 18.4 Å². The largest absolute Gasteiger partial charge is 0.496 e. The Bertz CT molecular complexity index is 1100. The van der Waals surface area contributed by atoms with Gasteiger partial charge in [0.25, 0.3) is 5.56 Å². The van der Waals surface area contributed by atoms with Gasteiger partial charge in [0, 0.05) is 36.4 Å². The van der Waals surface area contributed by atoms with Gasteiger partial charge >= 0.3 is 0 Å². The number of benzene rings is 1. The molecule has 0 aliphatic rings. The van der Waals surface area contributed by atoms with E-state index in [2.05, 4.69) is 9.71 Å². The van der Waals surface area contributed by atoms with Crippen molar-refractivity contribution in [3.05, 3.63) is 64.7 Å². The predicted molar refractivity (Wildman–Crippen MR) is 98.9 cm³/mol. The van der Waals surface area contributed by atoms with E-state index < -0.39 is 10.0 Å². The number of ether oxygens (including phenoxy) is 1. The Kier molecular flexibility index (Phi) is 5.06. The van der Waals surface area contributed by atoms with Gasteiger partial charge in [0.1, 0.15) is 10.6 Å². The lowest BCUT2D eigenvalue weighted by molar-refractivity contribution is 0.411. The monoisotopic (exact) mass is 373 g/mol. The van der Waals surface area contributed by atoms with Crippen LogP contribution in [0.25, 0.3) is 10.9 Å². The van der Waals surface area contributed by atoms with Crippen LogP contribution < -0.4 is 15.0 Å². The van der Waals surface area contributed by atoms with E-state index in [-0.39, 0.29) is 23.5 Å². The first-order valence-corrected chi connectivity index (χ1v) is 9.49. The lowest BCUT2D eigenvalue weighted by atomic mass is 10.2. The average Bonchev–Trinajstić information content (AvgIpc) is 2.63. The molecule has 7 nitrogen and oxygen atoms in total. The highest BCUT2D eigenvalue weighted by Crippen LogP contribution is 2.20. The molecule has 2 aromatic heterocycles. The van der Waals surface area contributed by atoms with Gasteiger partial charge in [0.15, 0.2) is 0 Å². The topological polar surface area (TPSA) is 90.3 Å². The smallest absolute Gasteiger partial charge is 0.254 e. The first-order valence-electron chi connectivity index (χ1n) is 8.01. The molecule has 136 valence electrons. The molecule has 1 aromatic carbocycles. The minimum absolute atomic E-state index is 0.0820. The molecule has 0 aliphatic carbocycles. The summed E-state index contributed by atoms with van der Waals surface area (Å²) in [5.74, 6) is 0.478. The molecular weight excluding hydrogens is 354 g/mol. The highest BCUT2D eigenvalue weighted by Gasteiger charge is 2.17. The zero-order valence-corrected chi connectivity index (χ0v) is 15.3. The molecule has 0 bridgehead atoms. The Balaban J connectivity index is 1.80. The standard InChI is InChI=1S/C18H19N3O4S/c1-13-11-15(25-2)12-17(22)21(13)10-9-20-26(23,24)16-7-3-5-14-6-4-8-19-18(14)16/h3-8,11-12,20H,9-10H2,1-2H3. The van der Waals surface area contributed by atoms with Crippen LogP contribution in [-0.4, -0.2) is 31.6 Å². The maximum atomic E-state index is 12.6. The van der Waals surface area contributed by atoms with Gasteiger partial charge in [-0.1, -0.05) is 18.2 Å². The van der Waals surface area contributed by atoms with Crippen LogP contribution >= 0.6 is 0 Å². The van der Waals surface area contributed by atoms with Crippen molar-refractivity contribution in [2.75, 3.05) is 13.7 Å². The third kappa shape index (κ3) is 3.61. The van der Waals surface area contributed by atoms with Crippen molar-refractivity contribution in [3.63, 3.8) is 0 Å². The maximum Gasteiger partial charge on any atom is 0.254 e. The summed E-state index contributed by atoms with van der Waals surface area (Å²) >= 11 is 0. The second kappa shape index (κ2) is 7.27. The first kappa shape index (κ1) is 18.1. The number of rotatable bonds is 6. The Morgan fingerprint density at radius 1 is 1.19 bits per heavy atom. The SMILES string of the molecule is COc1cc(C)n(CCNS(=O)(=O)c2cccc3cccnc23)c(=O)c1. The number of aromatic nitrogens is 2. The summed E-state index contributed by atoms with van der Waals surface area (Å²) in [6.07, 6.45) is 1.56. The van der Waals surface area contributed by atoms with E-state index in [1.165, 1.54) is 23.8 Å². The molecule has 0 spiro atoms. The number of nitrogens with zero attached hydrogens (tertiary/aromatic N) is 2. The fourth-order valence-corrected chi connectivity index (χ4v) is 3.96. The number of methoxy groups -OCH3 is 1. The Hall–Kier alpha value is -2.71. The van der Waals surface area contributed by atoms with Crippen LogP contribution in [0.1, 0.15) is 5.69 Å². The number of hydrogen-bond acceptors (Lipinski definition) is 5. The summed E-state index contributed by atoms with van der Waals surface area (Å²) in [5.41, 5.74) is 0.869. The molecule has 0 saturated carbocycles. The molecular formula is C18H19N3O4S. The van der Waals surface area contributed by atoms with E-state index in [1.807, 2.05) is 12.1 Å². The molecule has 0 saturated heterocycles. The van der Waals surface area contributed by atoms with Gasteiger partial charge in [0.2, 0.25) is 10.0 Å². The van der Waals surface area contributed by atoms with Crippen LogP contribution in [0.2, 0.25) is 0 Å². The minimum atomic E-state index is -3.75. The summed E-state index contributed by atoms with van der Waals surface area (Å²) < 4.78 is 34.4. The molecule has 1 N–H and O–H groups in total. The maximum absolute atomic E-state index is 12.6. The molecule has 2 heterocycles. The first-order chi connectivity index (χ1) is 12.4. The second-order valence-electron chi connectivity index (χ2n) is 5.76. The van der Waals surface area contributed by atoms with Crippen molar-refractivity contribution in [3.8, 4) is 5.75 Å². The van der Waals surface area contributed by atoms with Gasteiger partial charge in [-0.25, -0.2) is 13.1 Å². The van der Waals surface area contributed by atoms with Gasteiger partial charge < -0.3 is 9.30 Å². The van der Waals surface area contributed by atoms with Gasteiger partial charge in [-0.3, -0.25) is 9.78 Å². The molecule has 0 fully saturated rings. The lowest BCUT2D eigenvalue weighted by Gasteiger charge is -2.13. The number of nitrogens with one attached hydrogen (secondary N) is 1. The van der Waals surface area contributed by atoms with E-state index in [4.69, 9.17) is 4.74 Å². The minimum Gasteiger partial charge on any atom is -0.496 e. The van der Waals surface area contributed by atoms with E-state index in [0.717, 1.165) is 5.39 Å². The van der Waals surface area contributed by atoms with Gasteiger partial charge in [-0.15, -0.1) is 0 Å². The summed E-state index contributed by atoms with van der Waals surface area (Å²) in [7, 11) is -2.26. The van der Waals surface area contributed by atoms with E-state index >= 15 is 0 Å². The van der Waals surface area contributed by atoms with E-state index in [9.17, 15) is 13.2 Å². The number of pyridine rings is 2. The zero-order valence-electron chi connectivity index (χ0n) is 14.5. The molecule has 0 atom stereocenters. The van der Waals surface area contributed by atoms with Crippen molar-refractivity contribution < 1.29 is 13.2 Å². The van der Waals surface area contributed by atoms with E-state index in [0.29, 0.717) is 17.0 Å². The summed E-state index contributed by atoms with van der Waals surface area (Å²) in [6.45, 7) is 2.07. The van der Waals surface area contributed by atoms with Crippen LogP contribution in [0.5, 0.6) is 5.75 Å². The molecule has 0 aliphatic heterocycles. The van der Waals surface area contributed by atoms with Gasteiger partial charge in [-0.05, 0) is 25.1 Å². The van der Waals surface area contributed by atoms with Crippen LogP contribution in [0.3, 0.4) is 0 Å². The highest BCUT2D eigenvalue weighted by atomic mass is 32.2. The zero-order chi connectivity index (χ0) is 18.7. The highest BCUT2D eigenvalue weighted by molar-refractivity contribution is 7.89. The molecule has 0 radical (unpaired) electrons. The third-order valence-electron chi connectivity index (χ3n) is 4.06. The second-order valence-corrected chi connectivity index (χ2v) is 7.49. The lowest BCUT2D eigenvalue weighted by Crippen LogP contribution is -2.31. The number of para-hydroxylation sites is 1. The quantitative estimate of drug-likeness (QED) is 0.710. The Morgan fingerprint density at radius 2 is 1.96 bits per heavy atom. The summed E-state index contributed by atoms with van der Waals surface area (Å²) in [6, 6.07) is 11.7. The normalized spacial score (nSPS) is 11.6. The van der Waals surface area contributed by atoms with Crippen molar-refractivity contribution in [1.82, 2.24) is 14.3 Å². The molecule has 26 heavy (non-hydrogen) atoms. The van der Waals surface area contributed by atoms with Crippen LogP contribution in [0.4, 0.5) is 0 Å². The van der Waals surface area contributed by atoms with Crippen molar-refractivity contribution in [2.24, 2.45) is 0 Å². The number of aryl methyl sites for hydroxylation is 1. The van der Waals surface area contributed by atoms with Crippen LogP contribution in [0, 0.1) is 6.92 Å². The molecule has 3 aromatic rings. The summed E-state index contributed by atoms with van der Waals surface area (Å²) in [5, 5.41) is 0.748. The number of fused-ring (bicyclic) bond motifs is 1. The molecule has 0 unspecified atom stereocenters. The third-order valence-corrected chi connectivity index (χ3v) is 5.55. The van der Waals surface area contributed by atoms with Crippen molar-refractivity contribution in [1.29, 1.82) is 0 Å². The Morgan fingerprint density at radius 3 is 2.69 bits per heavy atom. The average molecular weight is 373 g/mol. The summed E-state index contributed by atoms with van der Waals surface area (Å²) in [4.78, 5) is 16.4. The fraction of sp³-hybridized carbons (Fsp3) is 0.222. The molecule has 8 heteroatoms. The number of sulfonamides is 1. The number of hydrogen-bond donors (Lipinski definition) is 1. The van der Waals surface area contributed by atoms with Crippen LogP contribution in [0.15, 0.2) is 58.4 Å². The predicted octanol–water partition coefficient (Wildman–Crippen LogP) is 1.69.